The van der Waals surface area contributed by atoms with Gasteiger partial charge >= 0.3 is 12.1 Å². The third-order valence-electron chi connectivity index (χ3n) is 4.53. The predicted octanol–water partition coefficient (Wildman–Crippen LogP) is 2.93. The molecule has 3 atom stereocenters. The Balaban J connectivity index is 1.99. The second-order valence-corrected chi connectivity index (χ2v) is 7.19. The predicted molar refractivity (Wildman–Crippen MR) is 74.4 cm³/mol. The van der Waals surface area contributed by atoms with Gasteiger partial charge in [-0.3, -0.25) is 4.79 Å². The Kier molecular flexibility index (Phi) is 3.98. The first kappa shape index (κ1) is 15.1. The highest BCUT2D eigenvalue weighted by molar-refractivity contribution is 5.76. The van der Waals surface area contributed by atoms with Crippen LogP contribution in [0.25, 0.3) is 0 Å². The van der Waals surface area contributed by atoms with Crippen molar-refractivity contribution >= 4 is 12.1 Å². The monoisotopic (exact) mass is 283 g/mol. The molecule has 0 aromatic carbocycles. The van der Waals surface area contributed by atoms with E-state index < -0.39 is 23.1 Å². The number of nitrogens with one attached hydrogen (secondary N) is 1. The Morgan fingerprint density at radius 3 is 2.55 bits per heavy atom. The van der Waals surface area contributed by atoms with Crippen molar-refractivity contribution in [3.8, 4) is 0 Å². The summed E-state index contributed by atoms with van der Waals surface area (Å²) >= 11 is 0. The molecule has 2 rings (SSSR count). The highest BCUT2D eigenvalue weighted by Gasteiger charge is 2.53. The number of carbonyl (C=O) groups excluding carboxylic acids is 1. The van der Waals surface area contributed by atoms with Crippen molar-refractivity contribution in [3.05, 3.63) is 0 Å². The number of carboxylic acids is 1. The summed E-state index contributed by atoms with van der Waals surface area (Å²) in [5, 5.41) is 12.4. The molecule has 1 amide bonds. The van der Waals surface area contributed by atoms with Crippen LogP contribution in [0.3, 0.4) is 0 Å². The summed E-state index contributed by atoms with van der Waals surface area (Å²) < 4.78 is 5.25. The maximum Gasteiger partial charge on any atom is 0.407 e. The van der Waals surface area contributed by atoms with E-state index in [1.165, 1.54) is 0 Å². The largest absolute Gasteiger partial charge is 0.481 e. The van der Waals surface area contributed by atoms with Crippen LogP contribution >= 0.6 is 0 Å². The van der Waals surface area contributed by atoms with Gasteiger partial charge < -0.3 is 15.2 Å². The van der Waals surface area contributed by atoms with Crippen molar-refractivity contribution in [2.24, 2.45) is 11.3 Å². The second-order valence-electron chi connectivity index (χ2n) is 7.19. The summed E-state index contributed by atoms with van der Waals surface area (Å²) in [5.74, 6) is -0.510. The minimum atomic E-state index is -0.698. The Hall–Kier alpha value is -1.26. The van der Waals surface area contributed by atoms with E-state index in [9.17, 15) is 14.7 Å². The Morgan fingerprint density at radius 1 is 1.30 bits per heavy atom. The number of amides is 1. The molecule has 0 aromatic heterocycles. The fraction of sp³-hybridized carbons (Fsp3) is 0.867. The summed E-state index contributed by atoms with van der Waals surface area (Å²) in [6.07, 6.45) is 4.61. The van der Waals surface area contributed by atoms with Gasteiger partial charge in [-0.15, -0.1) is 0 Å². The lowest BCUT2D eigenvalue weighted by molar-refractivity contribution is -0.153. The van der Waals surface area contributed by atoms with E-state index in [2.05, 4.69) is 5.32 Å². The van der Waals surface area contributed by atoms with Crippen molar-refractivity contribution in [2.75, 3.05) is 0 Å². The lowest BCUT2D eigenvalue weighted by Crippen LogP contribution is -2.40. The van der Waals surface area contributed by atoms with Crippen LogP contribution in [0.5, 0.6) is 0 Å². The van der Waals surface area contributed by atoms with Crippen LogP contribution in [0.1, 0.15) is 59.3 Å². The van der Waals surface area contributed by atoms with Gasteiger partial charge in [0.25, 0.3) is 0 Å². The van der Waals surface area contributed by atoms with Gasteiger partial charge in [0.15, 0.2) is 0 Å². The van der Waals surface area contributed by atoms with Gasteiger partial charge in [-0.05, 0) is 52.4 Å². The van der Waals surface area contributed by atoms with Crippen LogP contribution < -0.4 is 5.32 Å². The molecule has 5 heteroatoms. The molecule has 0 radical (unpaired) electrons. The quantitative estimate of drug-likeness (QED) is 0.817. The molecule has 2 N–H and O–H groups in total. The third-order valence-corrected chi connectivity index (χ3v) is 4.53. The highest BCUT2D eigenvalue weighted by Crippen LogP contribution is 2.52. The van der Waals surface area contributed by atoms with Crippen molar-refractivity contribution in [1.82, 2.24) is 5.32 Å². The molecule has 0 saturated heterocycles. The number of hydrogen-bond acceptors (Lipinski definition) is 3. The summed E-state index contributed by atoms with van der Waals surface area (Å²) in [6, 6.07) is -0.0796. The molecule has 0 spiro atoms. The van der Waals surface area contributed by atoms with E-state index in [-0.39, 0.29) is 12.0 Å². The molecule has 0 unspecified atom stereocenters. The van der Waals surface area contributed by atoms with Crippen molar-refractivity contribution in [3.63, 3.8) is 0 Å². The fourth-order valence-electron chi connectivity index (χ4n) is 3.74. The van der Waals surface area contributed by atoms with Crippen LogP contribution in [0.4, 0.5) is 4.79 Å². The molecule has 0 aromatic rings. The number of alkyl carbamates (subject to hydrolysis) is 1. The zero-order valence-corrected chi connectivity index (χ0v) is 12.6. The molecule has 20 heavy (non-hydrogen) atoms. The molecule has 0 bridgehead atoms. The summed E-state index contributed by atoms with van der Waals surface area (Å²) in [4.78, 5) is 23.5. The van der Waals surface area contributed by atoms with E-state index >= 15 is 0 Å². The first-order valence-electron chi connectivity index (χ1n) is 7.46. The van der Waals surface area contributed by atoms with Crippen LogP contribution in [-0.4, -0.2) is 28.8 Å². The number of carboxylic acid groups (broad SMARTS) is 1. The number of fused-ring (bicyclic) bond motifs is 1. The smallest absolute Gasteiger partial charge is 0.407 e. The summed E-state index contributed by atoms with van der Waals surface area (Å²) in [5.41, 5.74) is -1.15. The van der Waals surface area contributed by atoms with Crippen molar-refractivity contribution in [1.29, 1.82) is 0 Å². The Bertz CT molecular complexity index is 401. The van der Waals surface area contributed by atoms with Crippen LogP contribution in [-0.2, 0) is 9.53 Å². The van der Waals surface area contributed by atoms with Crippen molar-refractivity contribution in [2.45, 2.75) is 70.9 Å². The number of carbonyl (C=O) groups is 2. The van der Waals surface area contributed by atoms with Gasteiger partial charge in [-0.1, -0.05) is 12.8 Å². The second kappa shape index (κ2) is 5.26. The number of hydrogen-bond donors (Lipinski definition) is 2. The normalized spacial score (nSPS) is 33.4. The standard InChI is InChI=1S/C15H25NO4/c1-14(2,3)20-13(19)16-11-8-10-6-4-5-7-15(10,9-11)12(17)18/h10-11H,4-9H2,1-3H3,(H,16,19)(H,17,18)/t10-,11-,15-/m1/s1. The van der Waals surface area contributed by atoms with E-state index in [4.69, 9.17) is 4.74 Å². The molecule has 5 nitrogen and oxygen atoms in total. The SMILES string of the molecule is CC(C)(C)OC(=O)N[C@@H]1C[C@H]2CCCC[C@@]2(C(=O)O)C1. The minimum Gasteiger partial charge on any atom is -0.481 e. The van der Waals surface area contributed by atoms with E-state index in [1.807, 2.05) is 20.8 Å². The maximum absolute atomic E-state index is 11.8. The average molecular weight is 283 g/mol. The Morgan fingerprint density at radius 2 is 2.00 bits per heavy atom. The zero-order chi connectivity index (χ0) is 15.0. The van der Waals surface area contributed by atoms with Gasteiger partial charge in [-0.2, -0.15) is 0 Å². The minimum absolute atomic E-state index is 0.0796. The average Bonchev–Trinajstić information content (AvgIpc) is 2.64. The van der Waals surface area contributed by atoms with E-state index in [0.717, 1.165) is 32.1 Å². The molecule has 2 aliphatic carbocycles. The van der Waals surface area contributed by atoms with Gasteiger partial charge in [0, 0.05) is 6.04 Å². The van der Waals surface area contributed by atoms with Crippen LogP contribution in [0.15, 0.2) is 0 Å². The first-order valence-corrected chi connectivity index (χ1v) is 7.46. The van der Waals surface area contributed by atoms with E-state index in [1.54, 1.807) is 0 Å². The molecule has 114 valence electrons. The lowest BCUT2D eigenvalue weighted by atomic mass is 9.68. The number of rotatable bonds is 2. The maximum atomic E-state index is 11.8. The molecule has 0 heterocycles. The first-order chi connectivity index (χ1) is 9.23. The topological polar surface area (TPSA) is 75.6 Å². The van der Waals surface area contributed by atoms with Crippen LogP contribution in [0, 0.1) is 11.3 Å². The number of aliphatic carboxylic acids is 1. The highest BCUT2D eigenvalue weighted by atomic mass is 16.6. The van der Waals surface area contributed by atoms with E-state index in [0.29, 0.717) is 6.42 Å². The molecular weight excluding hydrogens is 258 g/mol. The lowest BCUT2D eigenvalue weighted by Gasteiger charge is -2.35. The van der Waals surface area contributed by atoms with Gasteiger partial charge in [0.05, 0.1) is 5.41 Å². The molecular formula is C15H25NO4. The van der Waals surface area contributed by atoms with Gasteiger partial charge in [0.2, 0.25) is 0 Å². The molecule has 2 saturated carbocycles. The summed E-state index contributed by atoms with van der Waals surface area (Å²) in [7, 11) is 0. The van der Waals surface area contributed by atoms with Gasteiger partial charge in [-0.25, -0.2) is 4.79 Å². The zero-order valence-electron chi connectivity index (χ0n) is 12.6. The summed E-state index contributed by atoms with van der Waals surface area (Å²) in [6.45, 7) is 5.46. The third kappa shape index (κ3) is 3.07. The molecule has 0 aliphatic heterocycles. The Labute approximate surface area is 120 Å². The fourth-order valence-corrected chi connectivity index (χ4v) is 3.74. The molecule has 2 aliphatic rings. The number of ether oxygens (including phenoxy) is 1. The van der Waals surface area contributed by atoms with Gasteiger partial charge in [0.1, 0.15) is 5.60 Å². The molecule has 2 fully saturated rings. The van der Waals surface area contributed by atoms with Crippen LogP contribution in [0.2, 0.25) is 0 Å². The van der Waals surface area contributed by atoms with Crippen molar-refractivity contribution < 1.29 is 19.4 Å².